The molecule has 0 aliphatic carbocycles. The van der Waals surface area contributed by atoms with Crippen molar-refractivity contribution in [3.8, 4) is 5.69 Å². The SMILES string of the molecule is CON(C)C(=O)C1CCN(c2nnnn2-c2ccccc2)CC1.Cc1c(C2CCN(C3=NN=NC3c3ccccc3)CC2)nc2ncccn12. The van der Waals surface area contributed by atoms with E-state index in [9.17, 15) is 4.79 Å². The van der Waals surface area contributed by atoms with Gasteiger partial charge in [0, 0.05) is 63.2 Å². The van der Waals surface area contributed by atoms with Crippen molar-refractivity contribution in [3.05, 3.63) is 96.1 Å². The molecular weight excluding hydrogens is 634 g/mol. The number of piperidine rings is 2. The summed E-state index contributed by atoms with van der Waals surface area (Å²) in [5.74, 6) is 2.92. The zero-order valence-corrected chi connectivity index (χ0v) is 28.5. The molecule has 0 N–H and O–H groups in total. The van der Waals surface area contributed by atoms with Gasteiger partial charge in [-0.25, -0.2) is 15.0 Å². The maximum atomic E-state index is 12.1. The van der Waals surface area contributed by atoms with Crippen LogP contribution < -0.4 is 4.90 Å². The van der Waals surface area contributed by atoms with E-state index in [0.717, 1.165) is 74.7 Å². The minimum Gasteiger partial charge on any atom is -0.356 e. The van der Waals surface area contributed by atoms with Crippen LogP contribution >= 0.6 is 0 Å². The Hall–Kier alpha value is -5.57. The Morgan fingerprint density at radius 2 is 1.60 bits per heavy atom. The fraction of sp³-hybridized carbons (Fsp3) is 0.400. The number of tetrazole rings is 1. The zero-order valence-electron chi connectivity index (χ0n) is 28.5. The van der Waals surface area contributed by atoms with Gasteiger partial charge in [-0.1, -0.05) is 53.6 Å². The predicted molar refractivity (Wildman–Crippen MR) is 187 cm³/mol. The van der Waals surface area contributed by atoms with Gasteiger partial charge in [-0.05, 0) is 72.0 Å². The molecule has 3 aliphatic heterocycles. The summed E-state index contributed by atoms with van der Waals surface area (Å²) < 4.78 is 3.80. The number of aryl methyl sites for hydroxylation is 1. The van der Waals surface area contributed by atoms with Crippen LogP contribution in [0.2, 0.25) is 0 Å². The molecule has 1 unspecified atom stereocenters. The molecule has 1 atom stereocenters. The van der Waals surface area contributed by atoms with Crippen molar-refractivity contribution in [3.63, 3.8) is 0 Å². The molecule has 50 heavy (non-hydrogen) atoms. The van der Waals surface area contributed by atoms with E-state index in [-0.39, 0.29) is 17.9 Å². The second-order valence-corrected chi connectivity index (χ2v) is 12.6. The highest BCUT2D eigenvalue weighted by Gasteiger charge is 2.32. The molecule has 0 spiro atoms. The molecule has 6 heterocycles. The van der Waals surface area contributed by atoms with Gasteiger partial charge in [0.15, 0.2) is 11.9 Å². The topological polar surface area (TPSA) is 147 Å². The molecule has 1 amide bonds. The average Bonchev–Trinajstić information content (AvgIpc) is 3.95. The van der Waals surface area contributed by atoms with Gasteiger partial charge < -0.3 is 9.80 Å². The van der Waals surface area contributed by atoms with Crippen LogP contribution in [-0.4, -0.2) is 96.6 Å². The number of para-hydroxylation sites is 1. The third-order valence-electron chi connectivity index (χ3n) is 9.72. The smallest absolute Gasteiger partial charge is 0.250 e. The third kappa shape index (κ3) is 6.81. The molecule has 2 saturated heterocycles. The molecule has 0 radical (unpaired) electrons. The Morgan fingerprint density at radius 1 is 0.900 bits per heavy atom. The third-order valence-corrected chi connectivity index (χ3v) is 9.72. The highest BCUT2D eigenvalue weighted by molar-refractivity contribution is 5.89. The Labute approximate surface area is 290 Å². The number of amidine groups is 1. The van der Waals surface area contributed by atoms with E-state index >= 15 is 0 Å². The fourth-order valence-electron chi connectivity index (χ4n) is 6.89. The summed E-state index contributed by atoms with van der Waals surface area (Å²) in [6, 6.07) is 21.9. The lowest BCUT2D eigenvalue weighted by Crippen LogP contribution is -2.41. The molecule has 258 valence electrons. The van der Waals surface area contributed by atoms with Gasteiger partial charge in [-0.15, -0.1) is 5.10 Å². The average molecular weight is 676 g/mol. The lowest BCUT2D eigenvalue weighted by molar-refractivity contribution is -0.174. The zero-order chi connectivity index (χ0) is 34.5. The minimum absolute atomic E-state index is 0.0164. The van der Waals surface area contributed by atoms with Gasteiger partial charge >= 0.3 is 0 Å². The van der Waals surface area contributed by atoms with Crippen molar-refractivity contribution in [2.75, 3.05) is 45.2 Å². The van der Waals surface area contributed by atoms with Gasteiger partial charge in [0.05, 0.1) is 18.5 Å². The Balaban J connectivity index is 0.000000159. The van der Waals surface area contributed by atoms with Crippen LogP contribution in [0.15, 0.2) is 94.6 Å². The summed E-state index contributed by atoms with van der Waals surface area (Å²) in [7, 11) is 3.14. The Bertz CT molecular complexity index is 1940. The normalized spacial score (nSPS) is 18.2. The number of rotatable bonds is 6. The Kier molecular flexibility index (Phi) is 9.82. The first kappa shape index (κ1) is 33.0. The number of aromatic nitrogens is 7. The first-order valence-corrected chi connectivity index (χ1v) is 17.0. The molecule has 5 aromatic rings. The molecule has 0 bridgehead atoms. The molecule has 15 heteroatoms. The molecular formula is C35H41N13O2. The molecule has 2 fully saturated rings. The van der Waals surface area contributed by atoms with Gasteiger partial charge in [-0.3, -0.25) is 14.0 Å². The van der Waals surface area contributed by atoms with Gasteiger partial charge in [-0.2, -0.15) is 9.80 Å². The largest absolute Gasteiger partial charge is 0.356 e. The van der Waals surface area contributed by atoms with Gasteiger partial charge in [0.25, 0.3) is 0 Å². The van der Waals surface area contributed by atoms with Crippen LogP contribution in [0.3, 0.4) is 0 Å². The van der Waals surface area contributed by atoms with E-state index in [4.69, 9.17) is 9.82 Å². The van der Waals surface area contributed by atoms with E-state index in [1.165, 1.54) is 23.6 Å². The first-order chi connectivity index (χ1) is 24.5. The second kappa shape index (κ2) is 14.9. The monoisotopic (exact) mass is 675 g/mol. The van der Waals surface area contributed by atoms with Crippen LogP contribution in [-0.2, 0) is 9.63 Å². The number of likely N-dealkylation sites (tertiary alicyclic amines) is 1. The molecule has 0 saturated carbocycles. The van der Waals surface area contributed by atoms with Crippen LogP contribution in [0.1, 0.15) is 54.6 Å². The quantitative estimate of drug-likeness (QED) is 0.235. The van der Waals surface area contributed by atoms with E-state index < -0.39 is 0 Å². The maximum Gasteiger partial charge on any atom is 0.250 e. The second-order valence-electron chi connectivity index (χ2n) is 12.6. The van der Waals surface area contributed by atoms with Crippen LogP contribution in [0.5, 0.6) is 0 Å². The Morgan fingerprint density at radius 3 is 2.30 bits per heavy atom. The summed E-state index contributed by atoms with van der Waals surface area (Å²) in [4.78, 5) is 30.7. The number of hydrogen-bond acceptors (Lipinski definition) is 12. The number of hydroxylamine groups is 2. The standard InChI is InChI=1S/C20H21N7.C15H20N6O2/c1-14-17(22-20-21-10-5-11-27(14)20)16-8-12-26(13-9-16)19-18(23-25-24-19)15-6-3-2-4-7-15;1-19(23-2)14(22)12-8-10-20(11-9-12)15-16-17-18-21(15)13-6-4-3-5-7-13/h2-7,10-11,16,18H,8-9,12-13H2,1H3;3-7,12H,8-11H2,1-2H3. The first-order valence-electron chi connectivity index (χ1n) is 17.0. The van der Waals surface area contributed by atoms with Crippen molar-refractivity contribution in [1.29, 1.82) is 0 Å². The fourth-order valence-corrected chi connectivity index (χ4v) is 6.89. The van der Waals surface area contributed by atoms with Crippen molar-refractivity contribution >= 4 is 23.5 Å². The van der Waals surface area contributed by atoms with Crippen LogP contribution in [0.4, 0.5) is 5.95 Å². The summed E-state index contributed by atoms with van der Waals surface area (Å²) >= 11 is 0. The van der Waals surface area contributed by atoms with E-state index in [2.05, 4.69) is 69.2 Å². The van der Waals surface area contributed by atoms with Crippen LogP contribution in [0, 0.1) is 12.8 Å². The molecule has 2 aromatic carbocycles. The number of amides is 1. The van der Waals surface area contributed by atoms with E-state index in [1.54, 1.807) is 17.9 Å². The van der Waals surface area contributed by atoms with Gasteiger partial charge in [0.1, 0.15) is 0 Å². The number of anilines is 1. The number of fused-ring (bicyclic) bond motifs is 1. The predicted octanol–water partition coefficient (Wildman–Crippen LogP) is 4.64. The molecule has 8 rings (SSSR count). The number of benzene rings is 2. The number of hydrogen-bond donors (Lipinski definition) is 0. The number of imidazole rings is 1. The van der Waals surface area contributed by atoms with Crippen molar-refractivity contribution in [2.45, 2.75) is 44.6 Å². The molecule has 15 nitrogen and oxygen atoms in total. The van der Waals surface area contributed by atoms with Crippen LogP contribution in [0.25, 0.3) is 11.5 Å². The molecule has 3 aliphatic rings. The summed E-state index contributed by atoms with van der Waals surface area (Å²) in [6.07, 6.45) is 7.44. The molecule has 3 aromatic heterocycles. The summed E-state index contributed by atoms with van der Waals surface area (Å²) in [6.45, 7) is 5.49. The van der Waals surface area contributed by atoms with E-state index in [1.807, 2.05) is 60.8 Å². The van der Waals surface area contributed by atoms with E-state index in [0.29, 0.717) is 11.9 Å². The summed E-state index contributed by atoms with van der Waals surface area (Å²) in [5.41, 5.74) is 4.43. The lowest BCUT2D eigenvalue weighted by atomic mass is 9.92. The number of carbonyl (C=O) groups is 1. The van der Waals surface area contributed by atoms with Crippen molar-refractivity contribution < 1.29 is 9.63 Å². The minimum atomic E-state index is -0.0797. The van der Waals surface area contributed by atoms with Crippen molar-refractivity contribution in [2.24, 2.45) is 21.4 Å². The number of nitrogens with zero attached hydrogens (tertiary/aromatic N) is 13. The maximum absolute atomic E-state index is 12.1. The number of carbonyl (C=O) groups excluding carboxylic acids is 1. The highest BCUT2D eigenvalue weighted by Crippen LogP contribution is 2.33. The lowest BCUT2D eigenvalue weighted by Gasteiger charge is -2.34. The van der Waals surface area contributed by atoms with Crippen molar-refractivity contribution in [1.82, 2.24) is 44.5 Å². The highest BCUT2D eigenvalue weighted by atomic mass is 16.7. The summed E-state index contributed by atoms with van der Waals surface area (Å²) in [5, 5.41) is 26.0. The van der Waals surface area contributed by atoms with Gasteiger partial charge in [0.2, 0.25) is 17.6 Å².